The first-order valence-electron chi connectivity index (χ1n) is 10.5. The molecule has 0 spiro atoms. The normalized spacial score (nSPS) is 20.1. The fraction of sp³-hybridized carbons (Fsp3) is 0.458. The molecule has 2 atom stereocenters. The van der Waals surface area contributed by atoms with Crippen molar-refractivity contribution in [2.24, 2.45) is 11.8 Å². The Hall–Kier alpha value is -2.18. The summed E-state index contributed by atoms with van der Waals surface area (Å²) in [6.07, 6.45) is 2.49. The monoisotopic (exact) mass is 428 g/mol. The predicted octanol–water partition coefficient (Wildman–Crippen LogP) is 3.64. The molecule has 6 heteroatoms. The van der Waals surface area contributed by atoms with Crippen molar-refractivity contribution in [1.29, 1.82) is 0 Å². The fourth-order valence-corrected chi connectivity index (χ4v) is 5.18. The van der Waals surface area contributed by atoms with Crippen LogP contribution in [0.5, 0.6) is 0 Å². The van der Waals surface area contributed by atoms with E-state index in [0.29, 0.717) is 29.5 Å². The van der Waals surface area contributed by atoms with Crippen LogP contribution in [0.3, 0.4) is 0 Å². The van der Waals surface area contributed by atoms with Crippen LogP contribution in [0.1, 0.15) is 47.3 Å². The number of likely N-dealkylation sites (tertiary alicyclic amines) is 1. The number of benzene rings is 2. The van der Waals surface area contributed by atoms with E-state index in [0.717, 1.165) is 25.2 Å². The Bertz CT molecular complexity index is 960. The van der Waals surface area contributed by atoms with Crippen LogP contribution >= 0.6 is 0 Å². The lowest BCUT2D eigenvalue weighted by molar-refractivity contribution is 0.0950. The molecule has 0 aromatic heterocycles. The van der Waals surface area contributed by atoms with Gasteiger partial charge in [-0.25, -0.2) is 8.42 Å². The van der Waals surface area contributed by atoms with E-state index in [1.54, 1.807) is 24.3 Å². The molecule has 2 aromatic rings. The molecule has 0 bridgehead atoms. The number of sulfone groups is 1. The van der Waals surface area contributed by atoms with Gasteiger partial charge in [0.1, 0.15) is 0 Å². The van der Waals surface area contributed by atoms with Crippen molar-refractivity contribution >= 4 is 15.7 Å². The highest BCUT2D eigenvalue weighted by Gasteiger charge is 2.22. The van der Waals surface area contributed by atoms with Crippen LogP contribution in [0.2, 0.25) is 0 Å². The molecule has 1 amide bonds. The Morgan fingerprint density at radius 2 is 1.60 bits per heavy atom. The number of amides is 1. The summed E-state index contributed by atoms with van der Waals surface area (Å²) in [6.45, 7) is 8.24. The lowest BCUT2D eigenvalue weighted by atomic mass is 9.91. The molecule has 0 aliphatic carbocycles. The number of hydrogen-bond acceptors (Lipinski definition) is 4. The number of carbonyl (C=O) groups excluding carboxylic acids is 1. The molecular formula is C24H32N2O3S. The molecule has 5 nitrogen and oxygen atoms in total. The second-order valence-corrected chi connectivity index (χ2v) is 11.0. The standard InChI is InChI=1S/C24H32N2O3S/c1-18-12-19(2)15-26(14-18)16-23-7-5-4-6-22(23)13-25-24(27)21-10-8-20(9-11-21)17-30(3,28)29/h4-11,18-19H,12-17H2,1-3H3,(H,25,27)/t18-,19+. The van der Waals surface area contributed by atoms with Crippen LogP contribution in [0, 0.1) is 11.8 Å². The molecule has 1 fully saturated rings. The molecule has 0 unspecified atom stereocenters. The van der Waals surface area contributed by atoms with Crippen molar-refractivity contribution in [3.05, 3.63) is 70.8 Å². The van der Waals surface area contributed by atoms with Crippen LogP contribution in [0.4, 0.5) is 0 Å². The zero-order chi connectivity index (χ0) is 21.7. The second-order valence-electron chi connectivity index (χ2n) is 8.86. The third-order valence-corrected chi connectivity index (χ3v) is 6.40. The zero-order valence-corrected chi connectivity index (χ0v) is 18.9. The largest absolute Gasteiger partial charge is 0.348 e. The highest BCUT2D eigenvalue weighted by atomic mass is 32.2. The van der Waals surface area contributed by atoms with E-state index in [1.165, 1.54) is 18.2 Å². The van der Waals surface area contributed by atoms with Crippen LogP contribution in [-0.2, 0) is 28.7 Å². The van der Waals surface area contributed by atoms with Crippen molar-refractivity contribution in [3.8, 4) is 0 Å². The maximum atomic E-state index is 12.6. The molecule has 1 heterocycles. The van der Waals surface area contributed by atoms with E-state index >= 15 is 0 Å². The second kappa shape index (κ2) is 9.75. The quantitative estimate of drug-likeness (QED) is 0.731. The fourth-order valence-electron chi connectivity index (χ4n) is 4.38. The average Bonchev–Trinajstić information content (AvgIpc) is 2.65. The summed E-state index contributed by atoms with van der Waals surface area (Å²) < 4.78 is 22.8. The molecule has 1 saturated heterocycles. The Morgan fingerprint density at radius 1 is 1.00 bits per heavy atom. The van der Waals surface area contributed by atoms with Crippen molar-refractivity contribution in [3.63, 3.8) is 0 Å². The van der Waals surface area contributed by atoms with Crippen molar-refractivity contribution in [2.75, 3.05) is 19.3 Å². The zero-order valence-electron chi connectivity index (χ0n) is 18.1. The summed E-state index contributed by atoms with van der Waals surface area (Å²) in [5.41, 5.74) is 3.60. The van der Waals surface area contributed by atoms with E-state index in [1.807, 2.05) is 6.07 Å². The van der Waals surface area contributed by atoms with Gasteiger partial charge >= 0.3 is 0 Å². The summed E-state index contributed by atoms with van der Waals surface area (Å²) in [6, 6.07) is 15.0. The lowest BCUT2D eigenvalue weighted by Crippen LogP contribution is -2.38. The van der Waals surface area contributed by atoms with Crippen molar-refractivity contribution in [1.82, 2.24) is 10.2 Å². The van der Waals surface area contributed by atoms with Gasteiger partial charge in [-0.1, -0.05) is 50.2 Å². The summed E-state index contributed by atoms with van der Waals surface area (Å²) in [5, 5.41) is 3.00. The molecule has 162 valence electrons. The van der Waals surface area contributed by atoms with Crippen molar-refractivity contribution < 1.29 is 13.2 Å². The van der Waals surface area contributed by atoms with Gasteiger partial charge in [0.15, 0.2) is 9.84 Å². The van der Waals surface area contributed by atoms with E-state index in [9.17, 15) is 13.2 Å². The van der Waals surface area contributed by atoms with Crippen LogP contribution in [-0.4, -0.2) is 38.6 Å². The Morgan fingerprint density at radius 3 is 2.20 bits per heavy atom. The van der Waals surface area contributed by atoms with E-state index < -0.39 is 9.84 Å². The molecule has 3 rings (SSSR count). The summed E-state index contributed by atoms with van der Waals surface area (Å²) >= 11 is 0. The predicted molar refractivity (Wildman–Crippen MR) is 121 cm³/mol. The van der Waals surface area contributed by atoms with Crippen LogP contribution < -0.4 is 5.32 Å². The maximum Gasteiger partial charge on any atom is 0.251 e. The third-order valence-electron chi connectivity index (χ3n) is 5.54. The first-order chi connectivity index (χ1) is 14.2. The molecular weight excluding hydrogens is 396 g/mol. The SMILES string of the molecule is C[C@@H]1C[C@H](C)CN(Cc2ccccc2CNC(=O)c2ccc(CS(C)(=O)=O)cc2)C1. The van der Waals surface area contributed by atoms with Gasteiger partial charge in [0.25, 0.3) is 5.91 Å². The van der Waals surface area contributed by atoms with Gasteiger partial charge in [0.2, 0.25) is 0 Å². The molecule has 1 N–H and O–H groups in total. The number of nitrogens with one attached hydrogen (secondary N) is 1. The summed E-state index contributed by atoms with van der Waals surface area (Å²) in [7, 11) is -3.09. The highest BCUT2D eigenvalue weighted by Crippen LogP contribution is 2.23. The lowest BCUT2D eigenvalue weighted by Gasteiger charge is -2.35. The first kappa shape index (κ1) is 22.5. The first-order valence-corrected chi connectivity index (χ1v) is 12.6. The van der Waals surface area contributed by atoms with Gasteiger partial charge in [-0.3, -0.25) is 9.69 Å². The topological polar surface area (TPSA) is 66.5 Å². The number of nitrogens with zero attached hydrogens (tertiary/aromatic N) is 1. The van der Waals surface area contributed by atoms with Gasteiger partial charge in [0, 0.05) is 38.0 Å². The minimum Gasteiger partial charge on any atom is -0.348 e. The van der Waals surface area contributed by atoms with Gasteiger partial charge < -0.3 is 5.32 Å². The van der Waals surface area contributed by atoms with E-state index in [-0.39, 0.29) is 11.7 Å². The molecule has 0 radical (unpaired) electrons. The minimum absolute atomic E-state index is 0.0178. The number of carbonyl (C=O) groups is 1. The van der Waals surface area contributed by atoms with Crippen LogP contribution in [0.25, 0.3) is 0 Å². The van der Waals surface area contributed by atoms with Gasteiger partial charge in [-0.05, 0) is 47.1 Å². The maximum absolute atomic E-state index is 12.6. The third kappa shape index (κ3) is 6.67. The summed E-state index contributed by atoms with van der Waals surface area (Å²) in [5.74, 6) is 1.25. The molecule has 1 aliphatic rings. The van der Waals surface area contributed by atoms with Gasteiger partial charge in [-0.15, -0.1) is 0 Å². The number of piperidine rings is 1. The molecule has 30 heavy (non-hydrogen) atoms. The minimum atomic E-state index is -3.09. The average molecular weight is 429 g/mol. The Labute approximate surface area is 180 Å². The van der Waals surface area contributed by atoms with Crippen molar-refractivity contribution in [2.45, 2.75) is 39.1 Å². The molecule has 1 aliphatic heterocycles. The van der Waals surface area contributed by atoms with Gasteiger partial charge in [0.05, 0.1) is 5.75 Å². The molecule has 0 saturated carbocycles. The van der Waals surface area contributed by atoms with Gasteiger partial charge in [-0.2, -0.15) is 0 Å². The number of hydrogen-bond donors (Lipinski definition) is 1. The highest BCUT2D eigenvalue weighted by molar-refractivity contribution is 7.89. The number of rotatable bonds is 7. The van der Waals surface area contributed by atoms with E-state index in [4.69, 9.17) is 0 Å². The Balaban J connectivity index is 1.61. The van der Waals surface area contributed by atoms with Crippen LogP contribution in [0.15, 0.2) is 48.5 Å². The summed E-state index contributed by atoms with van der Waals surface area (Å²) in [4.78, 5) is 15.1. The Kier molecular flexibility index (Phi) is 7.32. The van der Waals surface area contributed by atoms with E-state index in [2.05, 4.69) is 42.3 Å². The smallest absolute Gasteiger partial charge is 0.251 e. The molecule has 2 aromatic carbocycles.